The van der Waals surface area contributed by atoms with E-state index < -0.39 is 0 Å². The molecule has 0 aromatic carbocycles. The van der Waals surface area contributed by atoms with Gasteiger partial charge in [0.25, 0.3) is 0 Å². The molecule has 0 spiro atoms. The maximum absolute atomic E-state index is 9.84. The third-order valence-electron chi connectivity index (χ3n) is 3.41. The lowest BCUT2D eigenvalue weighted by molar-refractivity contribution is 0.0220. The molecule has 0 amide bonds. The summed E-state index contributed by atoms with van der Waals surface area (Å²) < 4.78 is 0. The van der Waals surface area contributed by atoms with E-state index >= 15 is 0 Å². The Balaban J connectivity index is 2.42. The number of hydrogen-bond acceptors (Lipinski definition) is 1. The van der Waals surface area contributed by atoms with Gasteiger partial charge in [-0.3, -0.25) is 0 Å². The third kappa shape index (κ3) is 2.22. The molecule has 12 heavy (non-hydrogen) atoms. The minimum atomic E-state index is -0.0244. The minimum absolute atomic E-state index is 0.0244. The van der Waals surface area contributed by atoms with Gasteiger partial charge in [0.1, 0.15) is 0 Å². The van der Waals surface area contributed by atoms with Crippen molar-refractivity contribution in [2.75, 3.05) is 0 Å². The Hall–Kier alpha value is -0.0400. The van der Waals surface area contributed by atoms with Gasteiger partial charge in [-0.1, -0.05) is 27.2 Å². The van der Waals surface area contributed by atoms with E-state index in [1.165, 1.54) is 19.3 Å². The molecule has 0 heterocycles. The Labute approximate surface area is 76.2 Å². The van der Waals surface area contributed by atoms with Crippen LogP contribution in [0, 0.1) is 17.8 Å². The second-order valence-corrected chi connectivity index (χ2v) is 4.56. The summed E-state index contributed by atoms with van der Waals surface area (Å²) in [7, 11) is 0. The fraction of sp³-hybridized carbons (Fsp3) is 1.00. The summed E-state index contributed by atoms with van der Waals surface area (Å²) in [6.45, 7) is 6.67. The van der Waals surface area contributed by atoms with Crippen molar-refractivity contribution >= 4 is 0 Å². The first-order chi connectivity index (χ1) is 5.65. The van der Waals surface area contributed by atoms with Crippen LogP contribution in [0.4, 0.5) is 0 Å². The van der Waals surface area contributed by atoms with Crippen molar-refractivity contribution in [1.82, 2.24) is 0 Å². The molecule has 1 N–H and O–H groups in total. The molecule has 0 radical (unpaired) electrons. The van der Waals surface area contributed by atoms with Gasteiger partial charge in [-0.05, 0) is 37.0 Å². The largest absolute Gasteiger partial charge is 0.393 e. The second kappa shape index (κ2) is 4.27. The van der Waals surface area contributed by atoms with Crippen molar-refractivity contribution in [1.29, 1.82) is 0 Å². The highest BCUT2D eigenvalue weighted by Gasteiger charge is 2.29. The summed E-state index contributed by atoms with van der Waals surface area (Å²) in [5, 5.41) is 9.84. The van der Waals surface area contributed by atoms with Gasteiger partial charge in [0.15, 0.2) is 0 Å². The smallest absolute Gasteiger partial charge is 0.0573 e. The Morgan fingerprint density at radius 1 is 1.33 bits per heavy atom. The zero-order chi connectivity index (χ0) is 9.14. The molecule has 1 nitrogen and oxygen atoms in total. The normalized spacial score (nSPS) is 37.2. The van der Waals surface area contributed by atoms with E-state index in [2.05, 4.69) is 20.8 Å². The van der Waals surface area contributed by atoms with Gasteiger partial charge >= 0.3 is 0 Å². The molecule has 1 aliphatic carbocycles. The van der Waals surface area contributed by atoms with Gasteiger partial charge in [-0.25, -0.2) is 0 Å². The molecule has 3 atom stereocenters. The average molecular weight is 170 g/mol. The molecule has 1 rings (SSSR count). The van der Waals surface area contributed by atoms with Crippen LogP contribution < -0.4 is 0 Å². The summed E-state index contributed by atoms with van der Waals surface area (Å²) in [6.07, 6.45) is 4.82. The average Bonchev–Trinajstić information content (AvgIpc) is 2.03. The van der Waals surface area contributed by atoms with E-state index in [4.69, 9.17) is 0 Å². The standard InChI is InChI=1S/C11H22O/c1-4-9-5-6-10(8(2)3)11(12)7-9/h8-12H,4-7H2,1-3H3. The maximum Gasteiger partial charge on any atom is 0.0573 e. The van der Waals surface area contributed by atoms with Crippen molar-refractivity contribution in [3.05, 3.63) is 0 Å². The van der Waals surface area contributed by atoms with Crippen molar-refractivity contribution < 1.29 is 5.11 Å². The molecule has 1 aliphatic rings. The highest BCUT2D eigenvalue weighted by molar-refractivity contribution is 4.80. The van der Waals surface area contributed by atoms with Gasteiger partial charge < -0.3 is 5.11 Å². The molecule has 0 aliphatic heterocycles. The lowest BCUT2D eigenvalue weighted by Crippen LogP contribution is -2.32. The third-order valence-corrected chi connectivity index (χ3v) is 3.41. The molecule has 0 aromatic heterocycles. The fourth-order valence-corrected chi connectivity index (χ4v) is 2.40. The lowest BCUT2D eigenvalue weighted by Gasteiger charge is -2.35. The van der Waals surface area contributed by atoms with E-state index in [1.807, 2.05) is 0 Å². The van der Waals surface area contributed by atoms with Crippen molar-refractivity contribution in [3.8, 4) is 0 Å². The predicted octanol–water partition coefficient (Wildman–Crippen LogP) is 2.83. The zero-order valence-corrected chi connectivity index (χ0v) is 8.59. The van der Waals surface area contributed by atoms with Gasteiger partial charge in [0, 0.05) is 0 Å². The number of aliphatic hydroxyl groups is 1. The maximum atomic E-state index is 9.84. The molecule has 3 unspecified atom stereocenters. The molecule has 0 aromatic rings. The van der Waals surface area contributed by atoms with Crippen LogP contribution in [0.1, 0.15) is 46.5 Å². The summed E-state index contributed by atoms with van der Waals surface area (Å²) in [6, 6.07) is 0. The molecule has 1 fully saturated rings. The van der Waals surface area contributed by atoms with Crippen LogP contribution >= 0.6 is 0 Å². The van der Waals surface area contributed by atoms with Crippen LogP contribution in [0.15, 0.2) is 0 Å². The van der Waals surface area contributed by atoms with E-state index in [9.17, 15) is 5.11 Å². The molecular formula is C11H22O. The Kier molecular flexibility index (Phi) is 3.57. The lowest BCUT2D eigenvalue weighted by atomic mass is 9.74. The first kappa shape index (κ1) is 10.0. The van der Waals surface area contributed by atoms with Crippen molar-refractivity contribution in [3.63, 3.8) is 0 Å². The SMILES string of the molecule is CCC1CCC(C(C)C)C(O)C1. The zero-order valence-electron chi connectivity index (χ0n) is 8.59. The molecule has 0 saturated heterocycles. The van der Waals surface area contributed by atoms with E-state index in [0.717, 1.165) is 12.3 Å². The molecule has 72 valence electrons. The molecular weight excluding hydrogens is 148 g/mol. The van der Waals surface area contributed by atoms with Crippen molar-refractivity contribution in [2.45, 2.75) is 52.6 Å². The van der Waals surface area contributed by atoms with Crippen LogP contribution in [-0.2, 0) is 0 Å². The van der Waals surface area contributed by atoms with Gasteiger partial charge in [-0.2, -0.15) is 0 Å². The minimum Gasteiger partial charge on any atom is -0.393 e. The highest BCUT2D eigenvalue weighted by atomic mass is 16.3. The molecule has 1 heteroatoms. The van der Waals surface area contributed by atoms with Gasteiger partial charge in [0.2, 0.25) is 0 Å². The fourth-order valence-electron chi connectivity index (χ4n) is 2.40. The van der Waals surface area contributed by atoms with Crippen molar-refractivity contribution in [2.24, 2.45) is 17.8 Å². The topological polar surface area (TPSA) is 20.2 Å². The molecule has 0 bridgehead atoms. The summed E-state index contributed by atoms with van der Waals surface area (Å²) in [5.74, 6) is 2.00. The quantitative estimate of drug-likeness (QED) is 0.675. The van der Waals surface area contributed by atoms with Crippen LogP contribution in [0.3, 0.4) is 0 Å². The number of rotatable bonds is 2. The van der Waals surface area contributed by atoms with Gasteiger partial charge in [-0.15, -0.1) is 0 Å². The van der Waals surface area contributed by atoms with Crippen LogP contribution in [-0.4, -0.2) is 11.2 Å². The van der Waals surface area contributed by atoms with E-state index in [0.29, 0.717) is 11.8 Å². The van der Waals surface area contributed by atoms with Crippen LogP contribution in [0.2, 0.25) is 0 Å². The Bertz CT molecular complexity index is 131. The Morgan fingerprint density at radius 2 is 2.00 bits per heavy atom. The first-order valence-corrected chi connectivity index (χ1v) is 5.33. The predicted molar refractivity (Wildman–Crippen MR) is 52.0 cm³/mol. The monoisotopic (exact) mass is 170 g/mol. The second-order valence-electron chi connectivity index (χ2n) is 4.56. The number of hydrogen-bond donors (Lipinski definition) is 1. The summed E-state index contributed by atoms with van der Waals surface area (Å²) in [5.41, 5.74) is 0. The van der Waals surface area contributed by atoms with E-state index in [1.54, 1.807) is 0 Å². The number of aliphatic hydroxyl groups excluding tert-OH is 1. The summed E-state index contributed by atoms with van der Waals surface area (Å²) in [4.78, 5) is 0. The van der Waals surface area contributed by atoms with Crippen LogP contribution in [0.25, 0.3) is 0 Å². The van der Waals surface area contributed by atoms with Gasteiger partial charge in [0.05, 0.1) is 6.10 Å². The summed E-state index contributed by atoms with van der Waals surface area (Å²) >= 11 is 0. The van der Waals surface area contributed by atoms with E-state index in [-0.39, 0.29) is 6.10 Å². The first-order valence-electron chi connectivity index (χ1n) is 5.33. The Morgan fingerprint density at radius 3 is 2.42 bits per heavy atom. The highest BCUT2D eigenvalue weighted by Crippen LogP contribution is 2.34. The van der Waals surface area contributed by atoms with Crippen LogP contribution in [0.5, 0.6) is 0 Å². The molecule has 1 saturated carbocycles.